The molecule has 0 aliphatic heterocycles. The number of esters is 1. The maximum Gasteiger partial charge on any atom is 0.330 e. The fraction of sp³-hybridized carbons (Fsp3) is 0.176. The van der Waals surface area contributed by atoms with Crippen LogP contribution in [-0.4, -0.2) is 38.9 Å². The molecule has 0 fully saturated rings. The number of halogens is 2. The Morgan fingerprint density at radius 1 is 1.33 bits per heavy atom. The summed E-state index contributed by atoms with van der Waals surface area (Å²) in [5, 5.41) is 9.11. The third-order valence-corrected chi connectivity index (χ3v) is 4.88. The summed E-state index contributed by atoms with van der Waals surface area (Å²) in [7, 11) is 1.32. The first-order valence-corrected chi connectivity index (χ1v) is 9.73. The number of anilines is 1. The van der Waals surface area contributed by atoms with E-state index in [2.05, 4.69) is 25.1 Å². The number of hydrogen-bond donors (Lipinski definition) is 1. The molecule has 0 radical (unpaired) electrons. The van der Waals surface area contributed by atoms with Crippen molar-refractivity contribution >= 4 is 58.6 Å². The van der Waals surface area contributed by atoms with Gasteiger partial charge < -0.3 is 10.1 Å². The van der Waals surface area contributed by atoms with E-state index in [9.17, 15) is 4.79 Å². The number of thioether (sulfide) groups is 1. The SMILES string of the molecule is COC(=O)C=Cc1cnn2c(NCc3ccc(Cl)c(Cl)c3)nc(SC)nc12. The molecule has 0 bridgehead atoms. The lowest BCUT2D eigenvalue weighted by Gasteiger charge is -2.09. The van der Waals surface area contributed by atoms with Gasteiger partial charge in [-0.25, -0.2) is 9.78 Å². The van der Waals surface area contributed by atoms with E-state index in [1.807, 2.05) is 12.3 Å². The second kappa shape index (κ2) is 8.60. The first-order chi connectivity index (χ1) is 13.0. The smallest absolute Gasteiger partial charge is 0.330 e. The second-order valence-corrected chi connectivity index (χ2v) is 6.92. The molecule has 140 valence electrons. The van der Waals surface area contributed by atoms with Crippen LogP contribution < -0.4 is 5.32 Å². The summed E-state index contributed by atoms with van der Waals surface area (Å²) in [5.74, 6) is 0.0691. The largest absolute Gasteiger partial charge is 0.466 e. The Kier molecular flexibility index (Phi) is 6.20. The summed E-state index contributed by atoms with van der Waals surface area (Å²) in [4.78, 5) is 20.3. The highest BCUT2D eigenvalue weighted by Crippen LogP contribution is 2.23. The van der Waals surface area contributed by atoms with Crippen molar-refractivity contribution in [1.29, 1.82) is 0 Å². The van der Waals surface area contributed by atoms with Crippen LogP contribution in [0.25, 0.3) is 11.7 Å². The third kappa shape index (κ3) is 4.52. The van der Waals surface area contributed by atoms with E-state index < -0.39 is 5.97 Å². The minimum absolute atomic E-state index is 0.452. The zero-order valence-corrected chi connectivity index (χ0v) is 16.8. The predicted octanol–water partition coefficient (Wildman–Crippen LogP) is 3.95. The number of ether oxygens (including phenoxy) is 1. The van der Waals surface area contributed by atoms with Gasteiger partial charge in [-0.2, -0.15) is 14.6 Å². The van der Waals surface area contributed by atoms with Gasteiger partial charge in [-0.3, -0.25) is 0 Å². The lowest BCUT2D eigenvalue weighted by Crippen LogP contribution is -2.09. The van der Waals surface area contributed by atoms with E-state index in [0.717, 1.165) is 5.56 Å². The molecule has 0 amide bonds. The molecule has 0 spiro atoms. The number of rotatable bonds is 6. The van der Waals surface area contributed by atoms with E-state index in [-0.39, 0.29) is 0 Å². The number of carbonyl (C=O) groups is 1. The van der Waals surface area contributed by atoms with Crippen LogP contribution in [-0.2, 0) is 16.1 Å². The minimum atomic E-state index is -0.452. The van der Waals surface area contributed by atoms with E-state index in [1.54, 1.807) is 28.9 Å². The van der Waals surface area contributed by atoms with Crippen LogP contribution >= 0.6 is 35.0 Å². The minimum Gasteiger partial charge on any atom is -0.466 e. The number of nitrogens with one attached hydrogen (secondary N) is 1. The first kappa shape index (κ1) is 19.5. The molecule has 27 heavy (non-hydrogen) atoms. The average molecular weight is 424 g/mol. The molecule has 1 aromatic carbocycles. The Bertz CT molecular complexity index is 1020. The monoisotopic (exact) mass is 423 g/mol. The normalized spacial score (nSPS) is 11.3. The zero-order chi connectivity index (χ0) is 19.4. The molecular weight excluding hydrogens is 409 g/mol. The Morgan fingerprint density at radius 2 is 2.15 bits per heavy atom. The van der Waals surface area contributed by atoms with Crippen LogP contribution in [0, 0.1) is 0 Å². The highest BCUT2D eigenvalue weighted by molar-refractivity contribution is 7.98. The fourth-order valence-corrected chi connectivity index (χ4v) is 2.93. The van der Waals surface area contributed by atoms with Crippen molar-refractivity contribution in [3.8, 4) is 0 Å². The molecule has 0 aliphatic rings. The summed E-state index contributed by atoms with van der Waals surface area (Å²) >= 11 is 13.4. The number of hydrogen-bond acceptors (Lipinski definition) is 7. The highest BCUT2D eigenvalue weighted by atomic mass is 35.5. The van der Waals surface area contributed by atoms with Crippen molar-refractivity contribution in [1.82, 2.24) is 19.6 Å². The molecule has 3 aromatic rings. The number of fused-ring (bicyclic) bond motifs is 1. The van der Waals surface area contributed by atoms with Gasteiger partial charge in [0, 0.05) is 18.2 Å². The Balaban J connectivity index is 1.92. The lowest BCUT2D eigenvalue weighted by molar-refractivity contribution is -0.134. The van der Waals surface area contributed by atoms with Gasteiger partial charge in [-0.1, -0.05) is 41.0 Å². The molecule has 0 aliphatic carbocycles. The van der Waals surface area contributed by atoms with Gasteiger partial charge in [-0.15, -0.1) is 0 Å². The Morgan fingerprint density at radius 3 is 2.85 bits per heavy atom. The van der Waals surface area contributed by atoms with E-state index in [4.69, 9.17) is 23.2 Å². The van der Waals surface area contributed by atoms with Crippen molar-refractivity contribution < 1.29 is 9.53 Å². The van der Waals surface area contributed by atoms with Crippen LogP contribution in [0.4, 0.5) is 5.95 Å². The lowest BCUT2D eigenvalue weighted by atomic mass is 10.2. The summed E-state index contributed by atoms with van der Waals surface area (Å²) in [6.07, 6.45) is 6.42. The van der Waals surface area contributed by atoms with Gasteiger partial charge in [0.1, 0.15) is 0 Å². The second-order valence-electron chi connectivity index (χ2n) is 5.33. The maximum atomic E-state index is 11.3. The molecule has 3 rings (SSSR count). The molecule has 0 saturated carbocycles. The van der Waals surface area contributed by atoms with E-state index in [0.29, 0.717) is 38.9 Å². The molecule has 1 N–H and O–H groups in total. The summed E-state index contributed by atoms with van der Waals surface area (Å²) in [6, 6.07) is 5.41. The number of methoxy groups -OCH3 is 1. The molecule has 0 atom stereocenters. The molecular formula is C17H15Cl2N5O2S. The number of nitrogens with zero attached hydrogens (tertiary/aromatic N) is 4. The van der Waals surface area contributed by atoms with Gasteiger partial charge >= 0.3 is 5.97 Å². The van der Waals surface area contributed by atoms with Crippen LogP contribution in [0.1, 0.15) is 11.1 Å². The Hall–Kier alpha value is -2.29. The van der Waals surface area contributed by atoms with E-state index in [1.165, 1.54) is 24.9 Å². The van der Waals surface area contributed by atoms with E-state index >= 15 is 0 Å². The number of benzene rings is 1. The highest BCUT2D eigenvalue weighted by Gasteiger charge is 2.12. The third-order valence-electron chi connectivity index (χ3n) is 3.59. The molecule has 2 heterocycles. The van der Waals surface area contributed by atoms with Gasteiger partial charge in [0.15, 0.2) is 10.8 Å². The summed E-state index contributed by atoms with van der Waals surface area (Å²) < 4.78 is 6.19. The molecule has 7 nitrogen and oxygen atoms in total. The molecule has 10 heteroatoms. The van der Waals surface area contributed by atoms with Crippen LogP contribution in [0.3, 0.4) is 0 Å². The van der Waals surface area contributed by atoms with Crippen molar-refractivity contribution in [2.24, 2.45) is 0 Å². The van der Waals surface area contributed by atoms with Crippen LogP contribution in [0.2, 0.25) is 10.0 Å². The predicted molar refractivity (Wildman–Crippen MR) is 107 cm³/mol. The first-order valence-electron chi connectivity index (χ1n) is 7.75. The summed E-state index contributed by atoms with van der Waals surface area (Å²) in [6.45, 7) is 0.476. The average Bonchev–Trinajstić information content (AvgIpc) is 3.09. The maximum absolute atomic E-state index is 11.3. The standard InChI is InChI=1S/C17H15Cl2N5O2S/c1-26-14(25)6-4-11-9-21-24-15(11)22-17(27-2)23-16(24)20-8-10-3-5-12(18)13(19)7-10/h3-7,9H,8H2,1-2H3,(H,20,22,23). The van der Waals surface area contributed by atoms with Gasteiger partial charge in [0.25, 0.3) is 0 Å². The van der Waals surface area contributed by atoms with Crippen LogP contribution in [0.5, 0.6) is 0 Å². The van der Waals surface area contributed by atoms with Gasteiger partial charge in [0.2, 0.25) is 5.95 Å². The summed E-state index contributed by atoms with van der Waals surface area (Å²) in [5.41, 5.74) is 2.20. The van der Waals surface area contributed by atoms with Gasteiger partial charge in [-0.05, 0) is 30.0 Å². The van der Waals surface area contributed by atoms with Crippen LogP contribution in [0.15, 0.2) is 35.6 Å². The van der Waals surface area contributed by atoms with Crippen molar-refractivity contribution in [3.63, 3.8) is 0 Å². The fourth-order valence-electron chi connectivity index (χ4n) is 2.25. The molecule has 0 unspecified atom stereocenters. The number of aromatic nitrogens is 4. The zero-order valence-electron chi connectivity index (χ0n) is 14.4. The van der Waals surface area contributed by atoms with Crippen molar-refractivity contribution in [3.05, 3.63) is 51.6 Å². The van der Waals surface area contributed by atoms with Crippen molar-refractivity contribution in [2.75, 3.05) is 18.7 Å². The van der Waals surface area contributed by atoms with Gasteiger partial charge in [0.05, 0.1) is 23.4 Å². The molecule has 2 aromatic heterocycles. The number of carbonyl (C=O) groups excluding carboxylic acids is 1. The topological polar surface area (TPSA) is 81.4 Å². The Labute approximate surface area is 169 Å². The quantitative estimate of drug-likeness (QED) is 0.365. The van der Waals surface area contributed by atoms with Crippen molar-refractivity contribution in [2.45, 2.75) is 11.7 Å². The molecule has 0 saturated heterocycles.